The second kappa shape index (κ2) is 11.4. The zero-order valence-electron chi connectivity index (χ0n) is 17.7. The Balaban J connectivity index is 1.56. The number of aromatic nitrogens is 1. The van der Waals surface area contributed by atoms with Crippen LogP contribution in [-0.4, -0.2) is 40.9 Å². The fourth-order valence-corrected chi connectivity index (χ4v) is 4.24. The van der Waals surface area contributed by atoms with Gasteiger partial charge in [-0.15, -0.1) is 11.8 Å². The van der Waals surface area contributed by atoms with Gasteiger partial charge in [0.05, 0.1) is 23.8 Å². The SMILES string of the molecule is CCOC(=O)c1sc(NC(=O)CSCC(=O)Nc2ccc(C)cc2)nc1-c1ccccc1. The van der Waals surface area contributed by atoms with Gasteiger partial charge >= 0.3 is 5.97 Å². The number of thiazole rings is 1. The van der Waals surface area contributed by atoms with Crippen LogP contribution in [0.2, 0.25) is 0 Å². The van der Waals surface area contributed by atoms with Crippen molar-refractivity contribution in [2.24, 2.45) is 0 Å². The first-order valence-corrected chi connectivity index (χ1v) is 11.9. The van der Waals surface area contributed by atoms with E-state index in [-0.39, 0.29) is 29.9 Å². The summed E-state index contributed by atoms with van der Waals surface area (Å²) in [6, 6.07) is 16.7. The molecule has 0 atom stereocenters. The largest absolute Gasteiger partial charge is 0.462 e. The lowest BCUT2D eigenvalue weighted by atomic mass is 10.1. The first-order valence-electron chi connectivity index (χ1n) is 9.93. The van der Waals surface area contributed by atoms with Gasteiger partial charge in [-0.3, -0.25) is 9.59 Å². The molecule has 2 N–H and O–H groups in total. The lowest BCUT2D eigenvalue weighted by molar-refractivity contribution is -0.114. The number of aryl methyl sites for hydroxylation is 1. The third-order valence-corrected chi connectivity index (χ3v) is 6.07. The van der Waals surface area contributed by atoms with Crippen LogP contribution in [0.1, 0.15) is 22.2 Å². The zero-order chi connectivity index (χ0) is 22.9. The number of amides is 2. The highest BCUT2D eigenvalue weighted by atomic mass is 32.2. The molecule has 0 aliphatic carbocycles. The van der Waals surface area contributed by atoms with Crippen LogP contribution in [0.5, 0.6) is 0 Å². The van der Waals surface area contributed by atoms with Gasteiger partial charge in [0.15, 0.2) is 5.13 Å². The number of carbonyl (C=O) groups excluding carboxylic acids is 3. The summed E-state index contributed by atoms with van der Waals surface area (Å²) in [5.74, 6) is -0.746. The number of carbonyl (C=O) groups is 3. The number of thioether (sulfide) groups is 1. The molecular formula is C23H23N3O4S2. The normalized spacial score (nSPS) is 10.4. The lowest BCUT2D eigenvalue weighted by Crippen LogP contribution is -2.18. The molecule has 0 aliphatic heterocycles. The molecule has 3 rings (SSSR count). The van der Waals surface area contributed by atoms with Crippen LogP contribution in [0.3, 0.4) is 0 Å². The summed E-state index contributed by atoms with van der Waals surface area (Å²) < 4.78 is 5.13. The Hall–Kier alpha value is -3.17. The molecule has 0 spiro atoms. The summed E-state index contributed by atoms with van der Waals surface area (Å²) in [5.41, 5.74) is 3.05. The molecule has 0 fully saturated rings. The van der Waals surface area contributed by atoms with Crippen molar-refractivity contribution >= 4 is 51.7 Å². The highest BCUT2D eigenvalue weighted by Crippen LogP contribution is 2.31. The minimum Gasteiger partial charge on any atom is -0.462 e. The van der Waals surface area contributed by atoms with Crippen molar-refractivity contribution in [2.75, 3.05) is 28.7 Å². The Morgan fingerprint density at radius 3 is 2.28 bits per heavy atom. The Morgan fingerprint density at radius 2 is 1.62 bits per heavy atom. The van der Waals surface area contributed by atoms with Crippen LogP contribution in [0, 0.1) is 6.92 Å². The van der Waals surface area contributed by atoms with Crippen molar-refractivity contribution in [1.82, 2.24) is 4.98 Å². The fraction of sp³-hybridized carbons (Fsp3) is 0.217. The number of hydrogen-bond donors (Lipinski definition) is 2. The first kappa shape index (κ1) is 23.5. The van der Waals surface area contributed by atoms with Gasteiger partial charge in [0.25, 0.3) is 0 Å². The minimum atomic E-state index is -0.480. The average molecular weight is 470 g/mol. The number of anilines is 2. The van der Waals surface area contributed by atoms with Crippen molar-refractivity contribution in [2.45, 2.75) is 13.8 Å². The van der Waals surface area contributed by atoms with Crippen LogP contribution in [0.25, 0.3) is 11.3 Å². The lowest BCUT2D eigenvalue weighted by Gasteiger charge is -2.05. The summed E-state index contributed by atoms with van der Waals surface area (Å²) in [5, 5.41) is 5.81. The van der Waals surface area contributed by atoms with Crippen molar-refractivity contribution < 1.29 is 19.1 Å². The van der Waals surface area contributed by atoms with E-state index in [1.807, 2.05) is 61.5 Å². The molecule has 0 saturated carbocycles. The van der Waals surface area contributed by atoms with Crippen LogP contribution < -0.4 is 10.6 Å². The second-order valence-electron chi connectivity index (χ2n) is 6.74. The third kappa shape index (κ3) is 6.66. The van der Waals surface area contributed by atoms with E-state index in [9.17, 15) is 14.4 Å². The van der Waals surface area contributed by atoms with E-state index in [1.54, 1.807) is 6.92 Å². The van der Waals surface area contributed by atoms with Crippen LogP contribution >= 0.6 is 23.1 Å². The van der Waals surface area contributed by atoms with Gasteiger partial charge in [-0.1, -0.05) is 59.4 Å². The summed E-state index contributed by atoms with van der Waals surface area (Å²) in [7, 11) is 0. The van der Waals surface area contributed by atoms with Crippen molar-refractivity contribution in [3.8, 4) is 11.3 Å². The fourth-order valence-electron chi connectivity index (χ4n) is 2.73. The maximum absolute atomic E-state index is 12.3. The maximum Gasteiger partial charge on any atom is 0.350 e. The number of nitrogens with one attached hydrogen (secondary N) is 2. The molecule has 1 heterocycles. The summed E-state index contributed by atoms with van der Waals surface area (Å²) in [6.45, 7) is 3.95. The number of nitrogens with zero attached hydrogens (tertiary/aromatic N) is 1. The Labute approximate surface area is 194 Å². The average Bonchev–Trinajstić information content (AvgIpc) is 3.20. The van der Waals surface area contributed by atoms with Crippen LogP contribution in [0.15, 0.2) is 54.6 Å². The quantitative estimate of drug-likeness (QED) is 0.444. The molecule has 32 heavy (non-hydrogen) atoms. The van der Waals surface area contributed by atoms with E-state index in [1.165, 1.54) is 11.8 Å². The predicted molar refractivity (Wildman–Crippen MR) is 129 cm³/mol. The second-order valence-corrected chi connectivity index (χ2v) is 8.72. The third-order valence-electron chi connectivity index (χ3n) is 4.18. The van der Waals surface area contributed by atoms with Crippen molar-refractivity contribution in [3.63, 3.8) is 0 Å². The minimum absolute atomic E-state index is 0.0797. The molecular weight excluding hydrogens is 446 g/mol. The molecule has 2 aromatic carbocycles. The van der Waals surface area contributed by atoms with E-state index < -0.39 is 5.97 Å². The zero-order valence-corrected chi connectivity index (χ0v) is 19.3. The van der Waals surface area contributed by atoms with Gasteiger partial charge in [0.1, 0.15) is 4.88 Å². The smallest absolute Gasteiger partial charge is 0.350 e. The molecule has 0 radical (unpaired) electrons. The molecule has 2 amide bonds. The van der Waals surface area contributed by atoms with Gasteiger partial charge < -0.3 is 15.4 Å². The Kier molecular flexibility index (Phi) is 8.41. The van der Waals surface area contributed by atoms with Gasteiger partial charge in [-0.05, 0) is 26.0 Å². The summed E-state index contributed by atoms with van der Waals surface area (Å²) >= 11 is 2.26. The summed E-state index contributed by atoms with van der Waals surface area (Å²) in [4.78, 5) is 41.5. The molecule has 0 saturated heterocycles. The maximum atomic E-state index is 12.3. The first-order chi connectivity index (χ1) is 15.5. The molecule has 0 bridgehead atoms. The molecule has 0 unspecified atom stereocenters. The molecule has 9 heteroatoms. The van der Waals surface area contributed by atoms with Crippen LogP contribution in [0.4, 0.5) is 10.8 Å². The highest BCUT2D eigenvalue weighted by Gasteiger charge is 2.21. The van der Waals surface area contributed by atoms with E-state index in [0.29, 0.717) is 21.4 Å². The molecule has 166 valence electrons. The predicted octanol–water partition coefficient (Wildman–Crippen LogP) is 4.61. The van der Waals surface area contributed by atoms with E-state index >= 15 is 0 Å². The van der Waals surface area contributed by atoms with Crippen molar-refractivity contribution in [1.29, 1.82) is 0 Å². The van der Waals surface area contributed by atoms with Gasteiger partial charge in [-0.2, -0.15) is 0 Å². The number of rotatable bonds is 9. The standard InChI is InChI=1S/C23H23N3O4S2/c1-3-30-22(29)21-20(16-7-5-4-6-8-16)26-23(32-21)25-19(28)14-31-13-18(27)24-17-11-9-15(2)10-12-17/h4-12H,3,13-14H2,1-2H3,(H,24,27)(H,25,26,28). The van der Waals surface area contributed by atoms with E-state index in [4.69, 9.17) is 4.74 Å². The van der Waals surface area contributed by atoms with Gasteiger partial charge in [0.2, 0.25) is 11.8 Å². The molecule has 0 aliphatic rings. The molecule has 3 aromatic rings. The van der Waals surface area contributed by atoms with E-state index in [2.05, 4.69) is 15.6 Å². The summed E-state index contributed by atoms with van der Waals surface area (Å²) in [6.07, 6.45) is 0. The topological polar surface area (TPSA) is 97.4 Å². The number of benzene rings is 2. The molecule has 7 nitrogen and oxygen atoms in total. The van der Waals surface area contributed by atoms with Gasteiger partial charge in [-0.25, -0.2) is 9.78 Å². The monoisotopic (exact) mass is 469 g/mol. The highest BCUT2D eigenvalue weighted by molar-refractivity contribution is 8.00. The molecule has 1 aromatic heterocycles. The Bertz CT molecular complexity index is 1080. The van der Waals surface area contributed by atoms with Crippen molar-refractivity contribution in [3.05, 3.63) is 65.0 Å². The number of hydrogen-bond acceptors (Lipinski definition) is 7. The van der Waals surface area contributed by atoms with Crippen LogP contribution in [-0.2, 0) is 14.3 Å². The number of esters is 1. The van der Waals surface area contributed by atoms with Gasteiger partial charge in [0, 0.05) is 11.3 Å². The Morgan fingerprint density at radius 1 is 0.969 bits per heavy atom. The van der Waals surface area contributed by atoms with E-state index in [0.717, 1.165) is 22.5 Å². The number of ether oxygens (including phenoxy) is 1.